The minimum atomic E-state index is 0.0637. The molecule has 1 unspecified atom stereocenters. The monoisotopic (exact) mass is 278 g/mol. The number of rotatable bonds is 8. The van der Waals surface area contributed by atoms with Crippen molar-refractivity contribution in [1.82, 2.24) is 0 Å². The quantitative estimate of drug-likeness (QED) is 0.768. The molecule has 4 heteroatoms. The van der Waals surface area contributed by atoms with E-state index < -0.39 is 0 Å². The molecule has 0 fully saturated rings. The third-order valence-corrected chi connectivity index (χ3v) is 2.93. The van der Waals surface area contributed by atoms with Crippen LogP contribution in [0, 0.1) is 11.8 Å². The van der Waals surface area contributed by atoms with Crippen LogP contribution in [0.4, 0.5) is 5.69 Å². The van der Waals surface area contributed by atoms with Gasteiger partial charge >= 0.3 is 0 Å². The van der Waals surface area contributed by atoms with Crippen molar-refractivity contribution in [3.63, 3.8) is 0 Å². The molecule has 0 aliphatic heterocycles. The minimum Gasteiger partial charge on any atom is -0.492 e. The second-order valence-electron chi connectivity index (χ2n) is 5.65. The molecule has 0 radical (unpaired) electrons. The average Bonchev–Trinajstić information content (AvgIpc) is 2.36. The summed E-state index contributed by atoms with van der Waals surface area (Å²) in [7, 11) is 0. The number of carbonyl (C=O) groups is 1. The van der Waals surface area contributed by atoms with E-state index in [1.165, 1.54) is 0 Å². The number of ether oxygens (including phenoxy) is 1. The Morgan fingerprint density at radius 1 is 1.25 bits per heavy atom. The largest absolute Gasteiger partial charge is 0.492 e. The maximum Gasteiger partial charge on any atom is 0.224 e. The molecule has 0 aliphatic rings. The van der Waals surface area contributed by atoms with E-state index in [1.807, 2.05) is 24.3 Å². The van der Waals surface area contributed by atoms with Crippen LogP contribution in [0.15, 0.2) is 24.3 Å². The van der Waals surface area contributed by atoms with E-state index in [1.54, 1.807) is 0 Å². The van der Waals surface area contributed by atoms with Crippen LogP contribution in [0.25, 0.3) is 0 Å². The lowest BCUT2D eigenvalue weighted by molar-refractivity contribution is -0.117. The van der Waals surface area contributed by atoms with Gasteiger partial charge in [-0.1, -0.05) is 20.8 Å². The van der Waals surface area contributed by atoms with Crippen LogP contribution in [0.5, 0.6) is 5.75 Å². The lowest BCUT2D eigenvalue weighted by Gasteiger charge is -2.14. The summed E-state index contributed by atoms with van der Waals surface area (Å²) in [4.78, 5) is 11.9. The van der Waals surface area contributed by atoms with Gasteiger partial charge in [0.2, 0.25) is 5.91 Å². The first kappa shape index (κ1) is 16.5. The van der Waals surface area contributed by atoms with Gasteiger partial charge in [-0.3, -0.25) is 4.79 Å². The molecule has 0 aromatic heterocycles. The number of anilines is 1. The van der Waals surface area contributed by atoms with Gasteiger partial charge in [-0.15, -0.1) is 0 Å². The maximum absolute atomic E-state index is 11.9. The van der Waals surface area contributed by atoms with Crippen molar-refractivity contribution in [2.45, 2.75) is 33.6 Å². The first-order valence-corrected chi connectivity index (χ1v) is 7.24. The van der Waals surface area contributed by atoms with Gasteiger partial charge in [-0.25, -0.2) is 0 Å². The molecule has 1 amide bonds. The number of hydrogen-bond donors (Lipinski definition) is 2. The summed E-state index contributed by atoms with van der Waals surface area (Å²) < 4.78 is 5.39. The molecule has 0 saturated heterocycles. The molecule has 1 aromatic rings. The number of nitrogens with one attached hydrogen (secondary N) is 1. The van der Waals surface area contributed by atoms with Crippen molar-refractivity contribution in [3.05, 3.63) is 24.3 Å². The van der Waals surface area contributed by atoms with E-state index in [9.17, 15) is 4.79 Å². The van der Waals surface area contributed by atoms with Gasteiger partial charge in [-0.2, -0.15) is 0 Å². The van der Waals surface area contributed by atoms with Crippen molar-refractivity contribution < 1.29 is 9.53 Å². The minimum absolute atomic E-state index is 0.0637. The van der Waals surface area contributed by atoms with E-state index in [2.05, 4.69) is 26.1 Å². The Morgan fingerprint density at radius 2 is 1.90 bits per heavy atom. The van der Waals surface area contributed by atoms with Crippen molar-refractivity contribution in [2.75, 3.05) is 18.5 Å². The van der Waals surface area contributed by atoms with Gasteiger partial charge in [-0.05, 0) is 42.5 Å². The van der Waals surface area contributed by atoms with Crippen molar-refractivity contribution >= 4 is 11.6 Å². The lowest BCUT2D eigenvalue weighted by Crippen LogP contribution is -2.16. The molecule has 0 aliphatic carbocycles. The Hall–Kier alpha value is -1.55. The molecule has 3 N–H and O–H groups in total. The van der Waals surface area contributed by atoms with Gasteiger partial charge in [0.15, 0.2) is 0 Å². The number of hydrogen-bond acceptors (Lipinski definition) is 3. The fraction of sp³-hybridized carbons (Fsp3) is 0.562. The maximum atomic E-state index is 11.9. The highest BCUT2D eigenvalue weighted by atomic mass is 16.5. The Kier molecular flexibility index (Phi) is 7.09. The van der Waals surface area contributed by atoms with E-state index in [-0.39, 0.29) is 5.91 Å². The highest BCUT2D eigenvalue weighted by molar-refractivity contribution is 5.90. The highest BCUT2D eigenvalue weighted by Gasteiger charge is 2.11. The summed E-state index contributed by atoms with van der Waals surface area (Å²) in [6, 6.07) is 7.36. The third kappa shape index (κ3) is 6.57. The molecule has 1 atom stereocenters. The van der Waals surface area contributed by atoms with Gasteiger partial charge in [0, 0.05) is 18.7 Å². The van der Waals surface area contributed by atoms with E-state index in [0.29, 0.717) is 31.4 Å². The van der Waals surface area contributed by atoms with Crippen LogP contribution in [0.3, 0.4) is 0 Å². The molecule has 1 aromatic carbocycles. The molecular formula is C16H26N2O2. The van der Waals surface area contributed by atoms with Gasteiger partial charge in [0.1, 0.15) is 12.4 Å². The molecule has 1 rings (SSSR count). The lowest BCUT2D eigenvalue weighted by atomic mass is 9.96. The molecule has 112 valence electrons. The number of carbonyl (C=O) groups excluding carboxylic acids is 1. The van der Waals surface area contributed by atoms with Gasteiger partial charge in [0.05, 0.1) is 0 Å². The Morgan fingerprint density at radius 3 is 2.45 bits per heavy atom. The molecule has 0 bridgehead atoms. The summed E-state index contributed by atoms with van der Waals surface area (Å²) >= 11 is 0. The predicted molar refractivity (Wildman–Crippen MR) is 82.9 cm³/mol. The molecule has 0 saturated carbocycles. The number of amides is 1. The summed E-state index contributed by atoms with van der Waals surface area (Å²) in [6.07, 6.45) is 1.63. The zero-order valence-corrected chi connectivity index (χ0v) is 12.7. The topological polar surface area (TPSA) is 64.3 Å². The summed E-state index contributed by atoms with van der Waals surface area (Å²) in [5, 5.41) is 2.91. The zero-order chi connectivity index (χ0) is 15.0. The predicted octanol–water partition coefficient (Wildman–Crippen LogP) is 3.03. The first-order valence-electron chi connectivity index (χ1n) is 7.24. The molecule has 20 heavy (non-hydrogen) atoms. The van der Waals surface area contributed by atoms with Crippen LogP contribution in [-0.2, 0) is 4.79 Å². The average molecular weight is 278 g/mol. The summed E-state index contributed by atoms with van der Waals surface area (Å²) in [5.41, 5.74) is 6.17. The number of benzene rings is 1. The van der Waals surface area contributed by atoms with Crippen LogP contribution >= 0.6 is 0 Å². The fourth-order valence-electron chi connectivity index (χ4n) is 2.23. The van der Waals surface area contributed by atoms with E-state index in [4.69, 9.17) is 10.5 Å². The number of nitrogens with two attached hydrogens (primary N) is 1. The van der Waals surface area contributed by atoms with Crippen LogP contribution in [-0.4, -0.2) is 19.1 Å². The Balaban J connectivity index is 2.41. The fourth-order valence-corrected chi connectivity index (χ4v) is 2.23. The smallest absolute Gasteiger partial charge is 0.224 e. The van der Waals surface area contributed by atoms with Crippen LogP contribution in [0.1, 0.15) is 33.6 Å². The SMILES string of the molecule is CC(C)CC(C)CC(=O)Nc1ccc(OCCN)cc1. The normalized spacial score (nSPS) is 12.2. The molecular weight excluding hydrogens is 252 g/mol. The highest BCUT2D eigenvalue weighted by Crippen LogP contribution is 2.18. The van der Waals surface area contributed by atoms with Crippen molar-refractivity contribution in [1.29, 1.82) is 0 Å². The Bertz CT molecular complexity index is 401. The Labute approximate surface area is 121 Å². The van der Waals surface area contributed by atoms with Crippen LogP contribution < -0.4 is 15.8 Å². The third-order valence-electron chi connectivity index (χ3n) is 2.93. The molecule has 4 nitrogen and oxygen atoms in total. The second kappa shape index (κ2) is 8.59. The van der Waals surface area contributed by atoms with Crippen molar-refractivity contribution in [3.8, 4) is 5.75 Å². The van der Waals surface area contributed by atoms with Crippen molar-refractivity contribution in [2.24, 2.45) is 17.6 Å². The first-order chi connectivity index (χ1) is 9.51. The summed E-state index contributed by atoms with van der Waals surface area (Å²) in [6.45, 7) is 7.46. The van der Waals surface area contributed by atoms with Gasteiger partial charge in [0.25, 0.3) is 0 Å². The van der Waals surface area contributed by atoms with E-state index in [0.717, 1.165) is 17.9 Å². The standard InChI is InChI=1S/C16H26N2O2/c1-12(2)10-13(3)11-16(19)18-14-4-6-15(7-5-14)20-9-8-17/h4-7,12-13H,8-11,17H2,1-3H3,(H,18,19). The van der Waals surface area contributed by atoms with Crippen LogP contribution in [0.2, 0.25) is 0 Å². The zero-order valence-electron chi connectivity index (χ0n) is 12.7. The molecule has 0 spiro atoms. The molecule has 0 heterocycles. The second-order valence-corrected chi connectivity index (χ2v) is 5.65. The summed E-state index contributed by atoms with van der Waals surface area (Å²) in [5.74, 6) is 1.86. The van der Waals surface area contributed by atoms with E-state index >= 15 is 0 Å². The van der Waals surface area contributed by atoms with Gasteiger partial charge < -0.3 is 15.8 Å².